The van der Waals surface area contributed by atoms with Crippen molar-refractivity contribution in [2.45, 2.75) is 39.3 Å². The predicted molar refractivity (Wildman–Crippen MR) is 127 cm³/mol. The minimum absolute atomic E-state index is 0.0209. The van der Waals surface area contributed by atoms with E-state index in [-0.39, 0.29) is 12.3 Å². The highest BCUT2D eigenvalue weighted by Crippen LogP contribution is 2.26. The zero-order chi connectivity index (χ0) is 23.2. The fourth-order valence-electron chi connectivity index (χ4n) is 3.90. The van der Waals surface area contributed by atoms with Gasteiger partial charge in [-0.15, -0.1) is 5.92 Å². The van der Waals surface area contributed by atoms with Crippen LogP contribution >= 0.6 is 0 Å². The van der Waals surface area contributed by atoms with E-state index >= 15 is 0 Å². The maximum Gasteiger partial charge on any atom is 0.304 e. The van der Waals surface area contributed by atoms with Crippen LogP contribution in [0, 0.1) is 18.8 Å². The summed E-state index contributed by atoms with van der Waals surface area (Å²) in [5.41, 5.74) is 5.27. The van der Waals surface area contributed by atoms with Crippen molar-refractivity contribution in [1.29, 1.82) is 0 Å². The van der Waals surface area contributed by atoms with E-state index < -0.39 is 5.97 Å². The molecule has 4 rings (SSSR count). The van der Waals surface area contributed by atoms with Crippen LogP contribution in [0.25, 0.3) is 10.9 Å². The van der Waals surface area contributed by atoms with Gasteiger partial charge in [-0.05, 0) is 54.3 Å². The summed E-state index contributed by atoms with van der Waals surface area (Å²) in [6.07, 6.45) is 5.48. The summed E-state index contributed by atoms with van der Waals surface area (Å²) in [7, 11) is 0. The largest absolute Gasteiger partial charge is 0.489 e. The Bertz CT molecular complexity index is 1320. The van der Waals surface area contributed by atoms with Crippen LogP contribution in [0.4, 0.5) is 0 Å². The first-order valence-electron chi connectivity index (χ1n) is 10.7. The molecule has 33 heavy (non-hydrogen) atoms. The molecule has 0 spiro atoms. The number of carboxylic acids is 1. The Morgan fingerprint density at radius 3 is 2.67 bits per heavy atom. The number of rotatable bonds is 8. The number of fused-ring (bicyclic) bond motifs is 1. The Morgan fingerprint density at radius 1 is 1.15 bits per heavy atom. The molecule has 0 radical (unpaired) electrons. The number of aliphatic carboxylic acids is 1. The highest BCUT2D eigenvalue weighted by molar-refractivity contribution is 5.83. The number of hydrogen-bond acceptors (Lipinski definition) is 4. The number of aromatic nitrogens is 3. The summed E-state index contributed by atoms with van der Waals surface area (Å²) >= 11 is 0. The van der Waals surface area contributed by atoms with Crippen LogP contribution in [0.15, 0.2) is 67.1 Å². The predicted octanol–water partition coefficient (Wildman–Crippen LogP) is 4.95. The Balaban J connectivity index is 1.50. The third-order valence-corrected chi connectivity index (χ3v) is 5.60. The number of nitrogens with zero attached hydrogens (tertiary/aromatic N) is 3. The minimum atomic E-state index is -0.864. The number of ether oxygens (including phenoxy) is 1. The van der Waals surface area contributed by atoms with Crippen molar-refractivity contribution < 1.29 is 14.6 Å². The molecule has 2 aromatic heterocycles. The van der Waals surface area contributed by atoms with Gasteiger partial charge in [0.2, 0.25) is 0 Å². The molecule has 0 fully saturated rings. The first-order chi connectivity index (χ1) is 16.0. The summed E-state index contributed by atoms with van der Waals surface area (Å²) in [5, 5.41) is 14.8. The maximum atomic E-state index is 11.1. The number of carbonyl (C=O) groups is 1. The van der Waals surface area contributed by atoms with E-state index in [0.717, 1.165) is 38.9 Å². The van der Waals surface area contributed by atoms with Gasteiger partial charge in [0.15, 0.2) is 0 Å². The molecule has 0 amide bonds. The van der Waals surface area contributed by atoms with Crippen molar-refractivity contribution in [2.24, 2.45) is 0 Å². The normalized spacial score (nSPS) is 11.6. The van der Waals surface area contributed by atoms with E-state index in [0.29, 0.717) is 13.2 Å². The van der Waals surface area contributed by atoms with Crippen LogP contribution in [-0.2, 0) is 17.9 Å². The number of aryl methyl sites for hydroxylation is 1. The minimum Gasteiger partial charge on any atom is -0.489 e. The van der Waals surface area contributed by atoms with E-state index in [1.165, 1.54) is 0 Å². The lowest BCUT2D eigenvalue weighted by molar-refractivity contribution is -0.137. The van der Waals surface area contributed by atoms with Gasteiger partial charge in [0.25, 0.3) is 0 Å². The van der Waals surface area contributed by atoms with Crippen LogP contribution in [-0.4, -0.2) is 25.8 Å². The second-order valence-electron chi connectivity index (χ2n) is 7.85. The number of carboxylic acid groups (broad SMARTS) is 1. The molecule has 6 nitrogen and oxygen atoms in total. The lowest BCUT2D eigenvalue weighted by atomic mass is 9.96. The molecule has 2 aromatic carbocycles. The van der Waals surface area contributed by atoms with Crippen molar-refractivity contribution in [1.82, 2.24) is 14.8 Å². The smallest absolute Gasteiger partial charge is 0.304 e. The molecule has 6 heteroatoms. The molecule has 0 aliphatic carbocycles. The molecule has 166 valence electrons. The average Bonchev–Trinajstić information content (AvgIpc) is 3.22. The molecule has 0 aliphatic heterocycles. The molecule has 0 aliphatic rings. The van der Waals surface area contributed by atoms with Crippen molar-refractivity contribution in [3.8, 4) is 17.6 Å². The Hall–Kier alpha value is -4.11. The van der Waals surface area contributed by atoms with Crippen LogP contribution in [0.5, 0.6) is 5.75 Å². The molecule has 4 aromatic rings. The lowest BCUT2D eigenvalue weighted by Gasteiger charge is -2.13. The van der Waals surface area contributed by atoms with Gasteiger partial charge >= 0.3 is 5.97 Å². The fraction of sp³-hybridized carbons (Fsp3) is 0.222. The Morgan fingerprint density at radius 2 is 1.97 bits per heavy atom. The lowest BCUT2D eigenvalue weighted by Crippen LogP contribution is -2.05. The number of hydrogen-bond donors (Lipinski definition) is 1. The number of benzene rings is 2. The quantitative estimate of drug-likeness (QED) is 0.393. The molecular formula is C27H25N3O3. The third-order valence-electron chi connectivity index (χ3n) is 5.60. The van der Waals surface area contributed by atoms with Crippen LogP contribution in [0.1, 0.15) is 41.5 Å². The van der Waals surface area contributed by atoms with E-state index in [1.807, 2.05) is 53.5 Å². The van der Waals surface area contributed by atoms with E-state index in [2.05, 4.69) is 41.0 Å². The van der Waals surface area contributed by atoms with Gasteiger partial charge in [-0.3, -0.25) is 14.5 Å². The van der Waals surface area contributed by atoms with Gasteiger partial charge in [0.1, 0.15) is 12.4 Å². The second-order valence-corrected chi connectivity index (χ2v) is 7.85. The molecule has 0 saturated heterocycles. The molecule has 1 N–H and O–H groups in total. The van der Waals surface area contributed by atoms with Crippen LogP contribution in [0.2, 0.25) is 0 Å². The van der Waals surface area contributed by atoms with Gasteiger partial charge < -0.3 is 9.84 Å². The highest BCUT2D eigenvalue weighted by atomic mass is 16.5. The average molecular weight is 440 g/mol. The fourth-order valence-corrected chi connectivity index (χ4v) is 3.90. The zero-order valence-corrected chi connectivity index (χ0v) is 18.7. The second kappa shape index (κ2) is 10.0. The molecule has 0 bridgehead atoms. The standard InChI is InChI=1S/C27H25N3O3/c1-3-5-22(14-26(31)32)21-9-11-25(12-10-21)33-18-24-8-7-23-16-29-30(27(23)19(24)2)17-20-6-4-13-28-15-20/h4,6-13,15-16,22H,14,17-18H2,1-2H3,(H,31,32). The van der Waals surface area contributed by atoms with Gasteiger partial charge in [-0.25, -0.2) is 0 Å². The first-order valence-corrected chi connectivity index (χ1v) is 10.7. The summed E-state index contributed by atoms with van der Waals surface area (Å²) < 4.78 is 8.04. The van der Waals surface area contributed by atoms with Crippen molar-refractivity contribution >= 4 is 16.9 Å². The molecule has 0 saturated carbocycles. The maximum absolute atomic E-state index is 11.1. The summed E-state index contributed by atoms with van der Waals surface area (Å²) in [4.78, 5) is 15.3. The highest BCUT2D eigenvalue weighted by Gasteiger charge is 2.14. The van der Waals surface area contributed by atoms with E-state index in [9.17, 15) is 4.79 Å². The van der Waals surface area contributed by atoms with Crippen LogP contribution in [0.3, 0.4) is 0 Å². The Kier molecular flexibility index (Phi) is 6.70. The van der Waals surface area contributed by atoms with E-state index in [4.69, 9.17) is 9.84 Å². The van der Waals surface area contributed by atoms with Crippen LogP contribution < -0.4 is 4.74 Å². The molecule has 1 unspecified atom stereocenters. The van der Waals surface area contributed by atoms with Gasteiger partial charge in [-0.1, -0.05) is 36.3 Å². The number of pyridine rings is 1. The topological polar surface area (TPSA) is 77.2 Å². The van der Waals surface area contributed by atoms with Crippen molar-refractivity contribution in [2.75, 3.05) is 0 Å². The van der Waals surface area contributed by atoms with Gasteiger partial charge in [-0.2, -0.15) is 5.10 Å². The summed E-state index contributed by atoms with van der Waals surface area (Å²) in [5.74, 6) is 5.32. The third kappa shape index (κ3) is 5.21. The van der Waals surface area contributed by atoms with Crippen molar-refractivity contribution in [3.05, 3.63) is 89.4 Å². The summed E-state index contributed by atoms with van der Waals surface area (Å²) in [6.45, 7) is 4.88. The van der Waals surface area contributed by atoms with E-state index in [1.54, 1.807) is 13.1 Å². The Labute approximate surface area is 192 Å². The molecular weight excluding hydrogens is 414 g/mol. The van der Waals surface area contributed by atoms with Gasteiger partial charge in [0.05, 0.1) is 30.6 Å². The SMILES string of the molecule is CC#CC(CC(=O)O)c1ccc(OCc2ccc3cnn(Cc4cccnc4)c3c2C)cc1. The molecule has 2 heterocycles. The molecule has 1 atom stereocenters. The zero-order valence-electron chi connectivity index (χ0n) is 18.7. The first kappa shape index (κ1) is 22.1. The van der Waals surface area contributed by atoms with Gasteiger partial charge in [0, 0.05) is 17.8 Å². The monoisotopic (exact) mass is 439 g/mol. The summed E-state index contributed by atoms with van der Waals surface area (Å²) in [6, 6.07) is 15.6. The van der Waals surface area contributed by atoms with Crippen molar-refractivity contribution in [3.63, 3.8) is 0 Å².